The van der Waals surface area contributed by atoms with Crippen LogP contribution in [0, 0.1) is 0 Å². The Hall–Kier alpha value is -1.84. The van der Waals surface area contributed by atoms with Crippen molar-refractivity contribution < 1.29 is 10.0 Å². The van der Waals surface area contributed by atoms with E-state index < -0.39 is 5.91 Å². The van der Waals surface area contributed by atoms with Crippen LogP contribution in [0.3, 0.4) is 0 Å². The fourth-order valence-electron chi connectivity index (χ4n) is 0.896. The van der Waals surface area contributed by atoms with Gasteiger partial charge in [-0.2, -0.15) is 0 Å². The number of nitrogens with two attached hydrogens (primary N) is 1. The number of oxime groups is 1. The van der Waals surface area contributed by atoms with Gasteiger partial charge in [-0.1, -0.05) is 23.4 Å². The molecular formula is C8H8N2O2. The maximum atomic E-state index is 10.8. The molecule has 0 atom stereocenters. The van der Waals surface area contributed by atoms with Crippen LogP contribution in [0.2, 0.25) is 0 Å². The van der Waals surface area contributed by atoms with Crippen molar-refractivity contribution in [1.29, 1.82) is 0 Å². The zero-order chi connectivity index (χ0) is 8.97. The number of carbonyl (C=O) groups is 1. The van der Waals surface area contributed by atoms with Crippen LogP contribution in [0.5, 0.6) is 0 Å². The van der Waals surface area contributed by atoms with Crippen LogP contribution < -0.4 is 5.73 Å². The van der Waals surface area contributed by atoms with Gasteiger partial charge in [-0.25, -0.2) is 0 Å². The fourth-order valence-corrected chi connectivity index (χ4v) is 0.896. The Bertz CT molecular complexity index is 321. The molecule has 3 N–H and O–H groups in total. The SMILES string of the molecule is NC(=O)c1ccccc1C=NO. The van der Waals surface area contributed by atoms with Crippen LogP contribution in [0.15, 0.2) is 29.4 Å². The molecular weight excluding hydrogens is 156 g/mol. The minimum absolute atomic E-state index is 0.343. The normalized spacial score (nSPS) is 10.3. The van der Waals surface area contributed by atoms with Gasteiger partial charge in [-0.15, -0.1) is 0 Å². The summed E-state index contributed by atoms with van der Waals surface area (Å²) in [5, 5.41) is 11.1. The van der Waals surface area contributed by atoms with Gasteiger partial charge >= 0.3 is 0 Å². The molecule has 4 heteroatoms. The summed E-state index contributed by atoms with van der Waals surface area (Å²) in [6.45, 7) is 0. The molecule has 1 rings (SSSR count). The Morgan fingerprint density at radius 3 is 2.75 bits per heavy atom. The molecule has 0 saturated heterocycles. The van der Waals surface area contributed by atoms with Crippen molar-refractivity contribution in [1.82, 2.24) is 0 Å². The van der Waals surface area contributed by atoms with Crippen molar-refractivity contribution in [3.63, 3.8) is 0 Å². The lowest BCUT2D eigenvalue weighted by Gasteiger charge is -1.98. The van der Waals surface area contributed by atoms with E-state index in [1.54, 1.807) is 24.3 Å². The second kappa shape index (κ2) is 3.52. The first-order chi connectivity index (χ1) is 5.75. The monoisotopic (exact) mass is 164 g/mol. The Balaban J connectivity index is 3.17. The average molecular weight is 164 g/mol. The van der Waals surface area contributed by atoms with E-state index in [-0.39, 0.29) is 0 Å². The number of primary amides is 1. The lowest BCUT2D eigenvalue weighted by molar-refractivity contribution is 0.1000. The Labute approximate surface area is 69.3 Å². The number of amides is 1. The Morgan fingerprint density at radius 2 is 2.17 bits per heavy atom. The van der Waals surface area contributed by atoms with Crippen molar-refractivity contribution >= 4 is 12.1 Å². The van der Waals surface area contributed by atoms with Crippen molar-refractivity contribution in [3.05, 3.63) is 35.4 Å². The van der Waals surface area contributed by atoms with Gasteiger partial charge in [0.15, 0.2) is 0 Å². The van der Waals surface area contributed by atoms with Crippen LogP contribution in [-0.2, 0) is 0 Å². The van der Waals surface area contributed by atoms with Crippen molar-refractivity contribution in [2.45, 2.75) is 0 Å². The molecule has 0 unspecified atom stereocenters. The quantitative estimate of drug-likeness (QED) is 0.381. The summed E-state index contributed by atoms with van der Waals surface area (Å²) < 4.78 is 0. The highest BCUT2D eigenvalue weighted by atomic mass is 16.4. The summed E-state index contributed by atoms with van der Waals surface area (Å²) in [6.07, 6.45) is 1.17. The van der Waals surface area contributed by atoms with E-state index in [1.165, 1.54) is 6.21 Å². The highest BCUT2D eigenvalue weighted by Crippen LogP contribution is 2.04. The first kappa shape index (κ1) is 8.26. The third-order valence-electron chi connectivity index (χ3n) is 1.42. The van der Waals surface area contributed by atoms with Crippen LogP contribution in [0.1, 0.15) is 15.9 Å². The van der Waals surface area contributed by atoms with E-state index in [2.05, 4.69) is 5.16 Å². The molecule has 0 aliphatic carbocycles. The predicted molar refractivity (Wildman–Crippen MR) is 44.3 cm³/mol. The molecule has 0 heterocycles. The minimum atomic E-state index is -0.537. The first-order valence-electron chi connectivity index (χ1n) is 3.32. The van der Waals surface area contributed by atoms with E-state index in [1.807, 2.05) is 0 Å². The smallest absolute Gasteiger partial charge is 0.249 e. The van der Waals surface area contributed by atoms with E-state index in [0.29, 0.717) is 11.1 Å². The second-order valence-corrected chi connectivity index (χ2v) is 2.20. The Kier molecular flexibility index (Phi) is 2.42. The maximum Gasteiger partial charge on any atom is 0.249 e. The van der Waals surface area contributed by atoms with Gasteiger partial charge in [-0.05, 0) is 6.07 Å². The van der Waals surface area contributed by atoms with Crippen LogP contribution >= 0.6 is 0 Å². The topological polar surface area (TPSA) is 75.7 Å². The number of hydrogen-bond acceptors (Lipinski definition) is 3. The van der Waals surface area contributed by atoms with Crippen LogP contribution in [0.4, 0.5) is 0 Å². The van der Waals surface area contributed by atoms with E-state index in [4.69, 9.17) is 10.9 Å². The number of carbonyl (C=O) groups excluding carboxylic acids is 1. The summed E-state index contributed by atoms with van der Waals surface area (Å²) >= 11 is 0. The average Bonchev–Trinajstić information content (AvgIpc) is 2.05. The van der Waals surface area contributed by atoms with Crippen molar-refractivity contribution in [2.24, 2.45) is 10.9 Å². The van der Waals surface area contributed by atoms with Crippen LogP contribution in [0.25, 0.3) is 0 Å². The van der Waals surface area contributed by atoms with Gasteiger partial charge < -0.3 is 10.9 Å². The molecule has 12 heavy (non-hydrogen) atoms. The fraction of sp³-hybridized carbons (Fsp3) is 0. The molecule has 0 radical (unpaired) electrons. The highest BCUT2D eigenvalue weighted by molar-refractivity contribution is 6.01. The first-order valence-corrected chi connectivity index (χ1v) is 3.32. The van der Waals surface area contributed by atoms with E-state index in [0.717, 1.165) is 0 Å². The second-order valence-electron chi connectivity index (χ2n) is 2.20. The summed E-state index contributed by atoms with van der Waals surface area (Å²) in [5.74, 6) is -0.537. The molecule has 0 fully saturated rings. The summed E-state index contributed by atoms with van der Waals surface area (Å²) in [6, 6.07) is 6.62. The third kappa shape index (κ3) is 1.60. The number of rotatable bonds is 2. The van der Waals surface area contributed by atoms with Gasteiger partial charge in [0.1, 0.15) is 0 Å². The standard InChI is InChI=1S/C8H8N2O2/c9-8(11)7-4-2-1-3-6(7)5-10-12/h1-5,12H,(H2,9,11). The molecule has 1 amide bonds. The molecule has 62 valence electrons. The third-order valence-corrected chi connectivity index (χ3v) is 1.42. The number of nitrogens with zero attached hydrogens (tertiary/aromatic N) is 1. The molecule has 0 aromatic heterocycles. The summed E-state index contributed by atoms with van der Waals surface area (Å²) in [4.78, 5) is 10.8. The number of hydrogen-bond donors (Lipinski definition) is 2. The minimum Gasteiger partial charge on any atom is -0.411 e. The van der Waals surface area contributed by atoms with E-state index >= 15 is 0 Å². The molecule has 0 saturated carbocycles. The molecule has 1 aromatic carbocycles. The molecule has 1 aromatic rings. The summed E-state index contributed by atoms with van der Waals surface area (Å²) in [7, 11) is 0. The lowest BCUT2D eigenvalue weighted by atomic mass is 10.1. The van der Waals surface area contributed by atoms with Gasteiger partial charge in [0, 0.05) is 11.1 Å². The molecule has 0 aliphatic rings. The molecule has 0 spiro atoms. The largest absolute Gasteiger partial charge is 0.411 e. The highest BCUT2D eigenvalue weighted by Gasteiger charge is 2.03. The lowest BCUT2D eigenvalue weighted by Crippen LogP contribution is -2.13. The van der Waals surface area contributed by atoms with Crippen molar-refractivity contribution in [3.8, 4) is 0 Å². The zero-order valence-corrected chi connectivity index (χ0v) is 6.27. The van der Waals surface area contributed by atoms with Crippen LogP contribution in [-0.4, -0.2) is 17.3 Å². The van der Waals surface area contributed by atoms with Gasteiger partial charge in [0.25, 0.3) is 0 Å². The number of benzene rings is 1. The summed E-state index contributed by atoms with van der Waals surface area (Å²) in [5.41, 5.74) is 5.91. The zero-order valence-electron chi connectivity index (χ0n) is 6.27. The molecule has 0 aliphatic heterocycles. The van der Waals surface area contributed by atoms with Crippen molar-refractivity contribution in [2.75, 3.05) is 0 Å². The maximum absolute atomic E-state index is 10.8. The van der Waals surface area contributed by atoms with E-state index in [9.17, 15) is 4.79 Å². The molecule has 4 nitrogen and oxygen atoms in total. The predicted octanol–water partition coefficient (Wildman–Crippen LogP) is 0.594. The Morgan fingerprint density at radius 1 is 1.50 bits per heavy atom. The van der Waals surface area contributed by atoms with Gasteiger partial charge in [0.2, 0.25) is 5.91 Å². The molecule has 0 bridgehead atoms. The van der Waals surface area contributed by atoms with Gasteiger partial charge in [0.05, 0.1) is 6.21 Å². The van der Waals surface area contributed by atoms with Gasteiger partial charge in [-0.3, -0.25) is 4.79 Å².